The van der Waals surface area contributed by atoms with Crippen molar-refractivity contribution in [3.05, 3.63) is 53.6 Å². The van der Waals surface area contributed by atoms with E-state index in [-0.39, 0.29) is 17.5 Å². The van der Waals surface area contributed by atoms with E-state index in [0.717, 1.165) is 11.8 Å². The maximum atomic E-state index is 13.2. The molecule has 0 saturated heterocycles. The van der Waals surface area contributed by atoms with E-state index in [1.165, 1.54) is 12.1 Å². The molecule has 7 heteroatoms. The first-order valence-electron chi connectivity index (χ1n) is 7.26. The lowest BCUT2D eigenvalue weighted by Crippen LogP contribution is -2.35. The second kappa shape index (κ2) is 6.82. The van der Waals surface area contributed by atoms with Gasteiger partial charge in [-0.2, -0.15) is 0 Å². The molecular weight excluding hydrogens is 317 g/mol. The molecule has 5 nitrogen and oxygen atoms in total. The van der Waals surface area contributed by atoms with E-state index in [1.807, 2.05) is 48.9 Å². The van der Waals surface area contributed by atoms with Crippen molar-refractivity contribution in [2.45, 2.75) is 17.9 Å². The number of halogens is 1. The van der Waals surface area contributed by atoms with Gasteiger partial charge in [-0.25, -0.2) is 17.5 Å². The molecule has 1 aromatic heterocycles. The van der Waals surface area contributed by atoms with E-state index < -0.39 is 15.8 Å². The molecule has 23 heavy (non-hydrogen) atoms. The highest BCUT2D eigenvalue weighted by molar-refractivity contribution is 7.89. The van der Waals surface area contributed by atoms with Crippen LogP contribution in [0.15, 0.2) is 41.4 Å². The topological polar surface area (TPSA) is 54.3 Å². The number of rotatable bonds is 6. The Balaban J connectivity index is 2.21. The fourth-order valence-corrected chi connectivity index (χ4v) is 3.82. The van der Waals surface area contributed by atoms with Gasteiger partial charge in [0.05, 0.1) is 10.9 Å². The zero-order chi connectivity index (χ0) is 17.2. The normalized spacial score (nSPS) is 13.5. The summed E-state index contributed by atoms with van der Waals surface area (Å²) in [7, 11) is 2.02. The number of hydrogen-bond acceptors (Lipinski definition) is 3. The quantitative estimate of drug-likeness (QED) is 0.876. The first-order valence-corrected chi connectivity index (χ1v) is 8.74. The molecule has 126 valence electrons. The molecule has 0 amide bonds. The van der Waals surface area contributed by atoms with Crippen LogP contribution in [-0.2, 0) is 17.1 Å². The molecule has 0 aliphatic carbocycles. The summed E-state index contributed by atoms with van der Waals surface area (Å²) in [6, 6.07) is 7.44. The average molecular weight is 339 g/mol. The molecule has 0 radical (unpaired) electrons. The monoisotopic (exact) mass is 339 g/mol. The lowest BCUT2D eigenvalue weighted by atomic mass is 10.2. The Morgan fingerprint density at radius 1 is 1.30 bits per heavy atom. The summed E-state index contributed by atoms with van der Waals surface area (Å²) >= 11 is 0. The van der Waals surface area contributed by atoms with E-state index in [1.54, 1.807) is 6.92 Å². The first-order chi connectivity index (χ1) is 10.7. The third-order valence-electron chi connectivity index (χ3n) is 3.84. The number of hydrogen-bond donors (Lipinski definition) is 1. The minimum absolute atomic E-state index is 0.100. The van der Waals surface area contributed by atoms with Gasteiger partial charge in [0, 0.05) is 25.5 Å². The molecular formula is C16H22FN3O2S. The van der Waals surface area contributed by atoms with Crippen molar-refractivity contribution in [1.29, 1.82) is 0 Å². The summed E-state index contributed by atoms with van der Waals surface area (Å²) in [5.41, 5.74) is 1.39. The number of likely N-dealkylation sites (N-methyl/N-ethyl adjacent to an activating group) is 1. The van der Waals surface area contributed by atoms with Gasteiger partial charge in [0.2, 0.25) is 10.0 Å². The molecule has 0 spiro atoms. The highest BCUT2D eigenvalue weighted by Gasteiger charge is 2.22. The van der Waals surface area contributed by atoms with Crippen molar-refractivity contribution >= 4 is 10.0 Å². The molecule has 0 bridgehead atoms. The van der Waals surface area contributed by atoms with Crippen molar-refractivity contribution in [2.24, 2.45) is 7.05 Å². The molecule has 0 fully saturated rings. The third-order valence-corrected chi connectivity index (χ3v) is 5.43. The summed E-state index contributed by atoms with van der Waals surface area (Å²) in [5.74, 6) is -0.448. The number of nitrogens with zero attached hydrogens (tertiary/aromatic N) is 2. The first kappa shape index (κ1) is 17.7. The van der Waals surface area contributed by atoms with Gasteiger partial charge < -0.3 is 4.57 Å². The number of sulfonamides is 1. The number of aryl methyl sites for hydroxylation is 2. The summed E-state index contributed by atoms with van der Waals surface area (Å²) in [4.78, 5) is 2.05. The smallest absolute Gasteiger partial charge is 0.240 e. The lowest BCUT2D eigenvalue weighted by molar-refractivity contribution is 0.289. The van der Waals surface area contributed by atoms with Crippen LogP contribution in [-0.4, -0.2) is 38.5 Å². The van der Waals surface area contributed by atoms with Crippen LogP contribution in [0.2, 0.25) is 0 Å². The Morgan fingerprint density at radius 2 is 2.00 bits per heavy atom. The second-order valence-corrected chi connectivity index (χ2v) is 7.52. The summed E-state index contributed by atoms with van der Waals surface area (Å²) < 4.78 is 42.7. The third kappa shape index (κ3) is 3.99. The van der Waals surface area contributed by atoms with E-state index >= 15 is 0 Å². The number of nitrogens with one attached hydrogen (secondary N) is 1. The Hall–Kier alpha value is -1.70. The number of aromatic nitrogens is 1. The van der Waals surface area contributed by atoms with Crippen LogP contribution in [0.5, 0.6) is 0 Å². The van der Waals surface area contributed by atoms with E-state index in [0.29, 0.717) is 5.56 Å². The van der Waals surface area contributed by atoms with Crippen LogP contribution in [0.3, 0.4) is 0 Å². The van der Waals surface area contributed by atoms with E-state index in [9.17, 15) is 12.8 Å². The number of benzene rings is 1. The van der Waals surface area contributed by atoms with Crippen LogP contribution in [0.25, 0.3) is 0 Å². The van der Waals surface area contributed by atoms with Gasteiger partial charge in [-0.05, 0) is 56.9 Å². The molecule has 2 rings (SSSR count). The lowest BCUT2D eigenvalue weighted by Gasteiger charge is -2.25. The highest BCUT2D eigenvalue weighted by Crippen LogP contribution is 2.20. The predicted octanol–water partition coefficient (Wildman–Crippen LogP) is 2.05. The predicted molar refractivity (Wildman–Crippen MR) is 88.2 cm³/mol. The largest absolute Gasteiger partial charge is 0.353 e. The zero-order valence-electron chi connectivity index (χ0n) is 13.7. The van der Waals surface area contributed by atoms with Crippen molar-refractivity contribution in [3.8, 4) is 0 Å². The molecule has 0 aliphatic heterocycles. The zero-order valence-corrected chi connectivity index (χ0v) is 14.6. The Morgan fingerprint density at radius 3 is 2.52 bits per heavy atom. The van der Waals surface area contributed by atoms with E-state index in [4.69, 9.17) is 0 Å². The van der Waals surface area contributed by atoms with Crippen LogP contribution >= 0.6 is 0 Å². The van der Waals surface area contributed by atoms with Gasteiger partial charge in [0.15, 0.2) is 0 Å². The summed E-state index contributed by atoms with van der Waals surface area (Å²) in [6.07, 6.45) is 1.92. The van der Waals surface area contributed by atoms with Gasteiger partial charge in [0.25, 0.3) is 0 Å². The van der Waals surface area contributed by atoms with Crippen LogP contribution in [0, 0.1) is 12.7 Å². The SMILES string of the molecule is Cc1cc(F)ccc1S(=O)(=O)NCC(c1cccn1C)N(C)C. The summed E-state index contributed by atoms with van der Waals surface area (Å²) in [6.45, 7) is 1.81. The van der Waals surface area contributed by atoms with Crippen LogP contribution in [0.4, 0.5) is 4.39 Å². The molecule has 1 aromatic carbocycles. The van der Waals surface area contributed by atoms with Crippen LogP contribution in [0.1, 0.15) is 17.3 Å². The van der Waals surface area contributed by atoms with Gasteiger partial charge >= 0.3 is 0 Å². The van der Waals surface area contributed by atoms with Gasteiger partial charge in [0.1, 0.15) is 5.82 Å². The van der Waals surface area contributed by atoms with Crippen molar-refractivity contribution < 1.29 is 12.8 Å². The van der Waals surface area contributed by atoms with Gasteiger partial charge in [-0.1, -0.05) is 0 Å². The molecule has 1 atom stereocenters. The van der Waals surface area contributed by atoms with Crippen molar-refractivity contribution in [1.82, 2.24) is 14.2 Å². The van der Waals surface area contributed by atoms with Gasteiger partial charge in [-0.3, -0.25) is 4.90 Å². The molecule has 2 aromatic rings. The fraction of sp³-hybridized carbons (Fsp3) is 0.375. The van der Waals surface area contributed by atoms with Crippen LogP contribution < -0.4 is 4.72 Å². The molecule has 0 saturated carbocycles. The molecule has 1 unspecified atom stereocenters. The fourth-order valence-electron chi connectivity index (χ4n) is 2.55. The van der Waals surface area contributed by atoms with Crippen molar-refractivity contribution in [3.63, 3.8) is 0 Å². The van der Waals surface area contributed by atoms with Gasteiger partial charge in [-0.15, -0.1) is 0 Å². The molecule has 0 aliphatic rings. The molecule has 1 heterocycles. The van der Waals surface area contributed by atoms with Crippen molar-refractivity contribution in [2.75, 3.05) is 20.6 Å². The van der Waals surface area contributed by atoms with E-state index in [2.05, 4.69) is 4.72 Å². The highest BCUT2D eigenvalue weighted by atomic mass is 32.2. The minimum Gasteiger partial charge on any atom is -0.353 e. The Kier molecular flexibility index (Phi) is 5.23. The Labute approximate surface area is 136 Å². The maximum Gasteiger partial charge on any atom is 0.240 e. The summed E-state index contributed by atoms with van der Waals surface area (Å²) in [5, 5.41) is 0. The second-order valence-electron chi connectivity index (χ2n) is 5.79. The Bertz CT molecular complexity index is 784. The standard InChI is InChI=1S/C16H22FN3O2S/c1-12-10-13(17)7-8-16(12)23(21,22)18-11-15(19(2)3)14-6-5-9-20(14)4/h5-10,15,18H,11H2,1-4H3. The minimum atomic E-state index is -3.69. The maximum absolute atomic E-state index is 13.2. The average Bonchev–Trinajstić information content (AvgIpc) is 2.84. The molecule has 1 N–H and O–H groups in total.